The smallest absolute Gasteiger partial charge is 0.161 e. The summed E-state index contributed by atoms with van der Waals surface area (Å²) in [5.74, 6) is 1.39. The summed E-state index contributed by atoms with van der Waals surface area (Å²) in [7, 11) is 3.28. The number of hydrogen-bond donors (Lipinski definition) is 1. The highest BCUT2D eigenvalue weighted by Crippen LogP contribution is 2.35. The molecule has 0 aliphatic carbocycles. The Morgan fingerprint density at radius 3 is 2.56 bits per heavy atom. The molecule has 6 nitrogen and oxygen atoms in total. The molecule has 6 heteroatoms. The lowest BCUT2D eigenvalue weighted by atomic mass is 10.0. The number of rotatable bonds is 6. The maximum absolute atomic E-state index is 5.46. The van der Waals surface area contributed by atoms with Gasteiger partial charge in [-0.05, 0) is 41.8 Å². The summed E-state index contributed by atoms with van der Waals surface area (Å²) >= 11 is 0. The number of pyridine rings is 1. The van der Waals surface area contributed by atoms with Gasteiger partial charge in [0.25, 0.3) is 0 Å². The van der Waals surface area contributed by atoms with Crippen molar-refractivity contribution in [2.24, 2.45) is 0 Å². The summed E-state index contributed by atoms with van der Waals surface area (Å²) in [6, 6.07) is 16.4. The highest BCUT2D eigenvalue weighted by molar-refractivity contribution is 5.95. The van der Waals surface area contributed by atoms with Crippen LogP contribution in [-0.4, -0.2) is 34.0 Å². The predicted octanol–water partition coefficient (Wildman–Crippen LogP) is 5.47. The predicted molar refractivity (Wildman–Crippen MR) is 126 cm³/mol. The highest BCUT2D eigenvalue weighted by Gasteiger charge is 2.13. The van der Waals surface area contributed by atoms with Crippen molar-refractivity contribution in [2.45, 2.75) is 13.5 Å². The van der Waals surface area contributed by atoms with Gasteiger partial charge in [0.2, 0.25) is 0 Å². The fraction of sp³-hybridized carbons (Fsp3) is 0.154. The third kappa shape index (κ3) is 3.60. The van der Waals surface area contributed by atoms with Crippen molar-refractivity contribution in [3.63, 3.8) is 0 Å². The second-order valence-electron chi connectivity index (χ2n) is 7.75. The number of H-pyrrole nitrogens is 1. The Kier molecular flexibility index (Phi) is 5.11. The molecule has 1 N–H and O–H groups in total. The number of aromatic nitrogens is 4. The van der Waals surface area contributed by atoms with Crippen molar-refractivity contribution >= 4 is 11.0 Å². The van der Waals surface area contributed by atoms with Crippen LogP contribution in [0.1, 0.15) is 11.1 Å². The number of hydrogen-bond acceptors (Lipinski definition) is 4. The number of benzene rings is 2. The van der Waals surface area contributed by atoms with Gasteiger partial charge in [-0.2, -0.15) is 5.10 Å². The average Bonchev–Trinajstić information content (AvgIpc) is 3.46. The lowest BCUT2D eigenvalue weighted by Crippen LogP contribution is -2.01. The Hall–Kier alpha value is -4.06. The zero-order valence-electron chi connectivity index (χ0n) is 18.3. The standard InChI is InChI=1S/C26H24N4O2/c1-17-6-4-5-7-19(17)15-30-16-21(13-29-30)23-14-28-26-22(23)10-20(12-27-26)18-8-9-24(31-2)25(11-18)32-3/h4-14,16H,15H2,1-3H3,(H,27,28). The van der Waals surface area contributed by atoms with Gasteiger partial charge in [-0.15, -0.1) is 0 Å². The number of nitrogens with one attached hydrogen (secondary N) is 1. The summed E-state index contributed by atoms with van der Waals surface area (Å²) in [4.78, 5) is 7.91. The van der Waals surface area contributed by atoms with Crippen LogP contribution in [0.3, 0.4) is 0 Å². The van der Waals surface area contributed by atoms with Gasteiger partial charge in [-0.3, -0.25) is 4.68 Å². The van der Waals surface area contributed by atoms with Crippen molar-refractivity contribution in [1.29, 1.82) is 0 Å². The van der Waals surface area contributed by atoms with Crippen LogP contribution in [0.5, 0.6) is 11.5 Å². The van der Waals surface area contributed by atoms with Gasteiger partial charge in [0.1, 0.15) is 5.65 Å². The third-order valence-electron chi connectivity index (χ3n) is 5.79. The first-order valence-corrected chi connectivity index (χ1v) is 10.4. The maximum Gasteiger partial charge on any atom is 0.161 e. The van der Waals surface area contributed by atoms with E-state index in [1.54, 1.807) is 14.2 Å². The van der Waals surface area contributed by atoms with Gasteiger partial charge in [-0.1, -0.05) is 30.3 Å². The number of fused-ring (bicyclic) bond motifs is 1. The van der Waals surface area contributed by atoms with E-state index in [2.05, 4.69) is 58.5 Å². The zero-order valence-corrected chi connectivity index (χ0v) is 18.3. The minimum absolute atomic E-state index is 0.692. The molecule has 5 aromatic rings. The topological polar surface area (TPSA) is 65.0 Å². The Morgan fingerprint density at radius 2 is 1.75 bits per heavy atom. The molecule has 0 saturated heterocycles. The number of nitrogens with zero attached hydrogens (tertiary/aromatic N) is 3. The van der Waals surface area contributed by atoms with Crippen LogP contribution in [0.15, 0.2) is 73.3 Å². The van der Waals surface area contributed by atoms with Gasteiger partial charge in [-0.25, -0.2) is 4.98 Å². The Balaban J connectivity index is 1.50. The lowest BCUT2D eigenvalue weighted by Gasteiger charge is -2.09. The van der Waals surface area contributed by atoms with Crippen LogP contribution in [0.4, 0.5) is 0 Å². The number of methoxy groups -OCH3 is 2. The molecule has 0 unspecified atom stereocenters. The molecule has 0 saturated carbocycles. The molecule has 32 heavy (non-hydrogen) atoms. The first kappa shape index (κ1) is 19.9. The quantitative estimate of drug-likeness (QED) is 0.393. The third-order valence-corrected chi connectivity index (χ3v) is 5.79. The van der Waals surface area contributed by atoms with E-state index >= 15 is 0 Å². The molecule has 5 rings (SSSR count). The molecule has 160 valence electrons. The minimum Gasteiger partial charge on any atom is -0.493 e. The second kappa shape index (κ2) is 8.23. The van der Waals surface area contributed by atoms with Crippen LogP contribution < -0.4 is 9.47 Å². The average molecular weight is 425 g/mol. The van der Waals surface area contributed by atoms with E-state index < -0.39 is 0 Å². The molecule has 2 aromatic carbocycles. The minimum atomic E-state index is 0.692. The molecule has 0 amide bonds. The molecule has 0 radical (unpaired) electrons. The van der Waals surface area contributed by atoms with Crippen LogP contribution in [-0.2, 0) is 6.54 Å². The zero-order chi connectivity index (χ0) is 22.1. The van der Waals surface area contributed by atoms with Crippen molar-refractivity contribution in [3.8, 4) is 33.8 Å². The molecule has 0 fully saturated rings. The van der Waals surface area contributed by atoms with Gasteiger partial charge in [0, 0.05) is 40.7 Å². The summed E-state index contributed by atoms with van der Waals surface area (Å²) in [6.45, 7) is 2.87. The first-order chi connectivity index (χ1) is 15.7. The molecule has 3 heterocycles. The van der Waals surface area contributed by atoms with Crippen LogP contribution >= 0.6 is 0 Å². The first-order valence-electron chi connectivity index (χ1n) is 10.4. The lowest BCUT2D eigenvalue weighted by molar-refractivity contribution is 0.355. The Morgan fingerprint density at radius 1 is 0.906 bits per heavy atom. The van der Waals surface area contributed by atoms with E-state index in [9.17, 15) is 0 Å². The summed E-state index contributed by atoms with van der Waals surface area (Å²) in [5.41, 5.74) is 7.52. The monoisotopic (exact) mass is 424 g/mol. The number of aryl methyl sites for hydroxylation is 1. The fourth-order valence-electron chi connectivity index (χ4n) is 3.97. The van der Waals surface area contributed by atoms with E-state index in [1.165, 1.54) is 11.1 Å². The molecule has 0 atom stereocenters. The SMILES string of the molecule is COc1ccc(-c2cnc3[nH]cc(-c4cnn(Cc5ccccc5C)c4)c3c2)cc1OC. The van der Waals surface area contributed by atoms with Gasteiger partial charge in [0.15, 0.2) is 11.5 Å². The van der Waals surface area contributed by atoms with Crippen molar-refractivity contribution in [3.05, 3.63) is 84.4 Å². The highest BCUT2D eigenvalue weighted by atomic mass is 16.5. The van der Waals surface area contributed by atoms with E-state index in [4.69, 9.17) is 9.47 Å². The molecule has 0 aliphatic heterocycles. The normalized spacial score (nSPS) is 11.1. The summed E-state index contributed by atoms with van der Waals surface area (Å²) in [6.07, 6.45) is 7.85. The van der Waals surface area contributed by atoms with Crippen molar-refractivity contribution < 1.29 is 9.47 Å². The fourth-order valence-corrected chi connectivity index (χ4v) is 3.97. The van der Waals surface area contributed by atoms with Gasteiger partial charge >= 0.3 is 0 Å². The van der Waals surface area contributed by atoms with E-state index in [0.29, 0.717) is 11.5 Å². The maximum atomic E-state index is 5.46. The Bertz CT molecular complexity index is 1400. The van der Waals surface area contributed by atoms with E-state index in [-0.39, 0.29) is 0 Å². The van der Waals surface area contributed by atoms with Crippen LogP contribution in [0.25, 0.3) is 33.3 Å². The summed E-state index contributed by atoms with van der Waals surface area (Å²) in [5, 5.41) is 5.64. The van der Waals surface area contributed by atoms with Gasteiger partial charge in [0.05, 0.1) is 27.0 Å². The van der Waals surface area contributed by atoms with Crippen molar-refractivity contribution in [1.82, 2.24) is 19.7 Å². The second-order valence-corrected chi connectivity index (χ2v) is 7.75. The molecule has 0 spiro atoms. The van der Waals surface area contributed by atoms with Gasteiger partial charge < -0.3 is 14.5 Å². The number of aromatic amines is 1. The molecule has 0 aliphatic rings. The van der Waals surface area contributed by atoms with Crippen LogP contribution in [0.2, 0.25) is 0 Å². The Labute approximate surface area is 186 Å². The summed E-state index contributed by atoms with van der Waals surface area (Å²) < 4.78 is 12.8. The molecule has 0 bridgehead atoms. The molecular weight excluding hydrogens is 400 g/mol. The van der Waals surface area contributed by atoms with Crippen LogP contribution in [0, 0.1) is 6.92 Å². The van der Waals surface area contributed by atoms with Crippen molar-refractivity contribution in [2.75, 3.05) is 14.2 Å². The van der Waals surface area contributed by atoms with E-state index in [1.807, 2.05) is 41.5 Å². The largest absolute Gasteiger partial charge is 0.493 e. The molecular formula is C26H24N4O2. The molecule has 3 aromatic heterocycles. The van der Waals surface area contributed by atoms with E-state index in [0.717, 1.165) is 39.8 Å². The number of ether oxygens (including phenoxy) is 2.